The van der Waals surface area contributed by atoms with Crippen LogP contribution in [0.15, 0.2) is 0 Å². The Morgan fingerprint density at radius 3 is 2.57 bits per heavy atom. The normalized spacial score (nSPS) is 28.4. The van der Waals surface area contributed by atoms with E-state index in [-0.39, 0.29) is 18.6 Å². The highest BCUT2D eigenvalue weighted by Gasteiger charge is 2.42. The number of urea groups is 1. The van der Waals surface area contributed by atoms with Gasteiger partial charge in [-0.1, -0.05) is 0 Å². The molecule has 2 fully saturated rings. The quantitative estimate of drug-likeness (QED) is 0.775. The number of aliphatic carboxylic acids is 1. The average Bonchev–Trinajstić information content (AvgIpc) is 2.84. The highest BCUT2D eigenvalue weighted by Crippen LogP contribution is 2.29. The Morgan fingerprint density at radius 2 is 2.00 bits per heavy atom. The zero-order chi connectivity index (χ0) is 15.5. The van der Waals surface area contributed by atoms with Gasteiger partial charge in [-0.05, 0) is 20.3 Å². The summed E-state index contributed by atoms with van der Waals surface area (Å²) >= 11 is 0. The van der Waals surface area contributed by atoms with Gasteiger partial charge in [0.2, 0.25) is 0 Å². The summed E-state index contributed by atoms with van der Waals surface area (Å²) in [4.78, 5) is 27.3. The van der Waals surface area contributed by atoms with Gasteiger partial charge in [0, 0.05) is 38.8 Å². The number of carboxylic acids is 1. The number of rotatable bonds is 4. The molecule has 2 unspecified atom stereocenters. The maximum Gasteiger partial charge on any atom is 0.317 e. The predicted molar refractivity (Wildman–Crippen MR) is 77.2 cm³/mol. The first-order chi connectivity index (χ1) is 9.90. The Bertz CT molecular complexity index is 398. The first-order valence-electron chi connectivity index (χ1n) is 7.50. The molecule has 0 aromatic carbocycles. The lowest BCUT2D eigenvalue weighted by Crippen LogP contribution is -2.49. The minimum absolute atomic E-state index is 0.0345. The Morgan fingerprint density at radius 1 is 1.33 bits per heavy atom. The molecule has 2 amide bonds. The van der Waals surface area contributed by atoms with Crippen molar-refractivity contribution in [3.8, 4) is 0 Å². The molecule has 0 aromatic heterocycles. The van der Waals surface area contributed by atoms with Gasteiger partial charge in [0.25, 0.3) is 0 Å². The molecule has 2 saturated heterocycles. The van der Waals surface area contributed by atoms with Crippen LogP contribution in [-0.4, -0.2) is 78.9 Å². The maximum absolute atomic E-state index is 12.2. The summed E-state index contributed by atoms with van der Waals surface area (Å²) in [5.41, 5.74) is -0.815. The second-order valence-electron chi connectivity index (χ2n) is 6.30. The molecule has 2 N–H and O–H groups in total. The van der Waals surface area contributed by atoms with E-state index in [4.69, 9.17) is 4.74 Å². The fraction of sp³-hybridized carbons (Fsp3) is 0.857. The summed E-state index contributed by atoms with van der Waals surface area (Å²) in [6, 6.07) is -0.131. The SMILES string of the molecule is CC(CN1CCOCC1)NC(=O)N1CCC(C)(C(=O)O)C1. The molecule has 2 aliphatic rings. The average molecular weight is 299 g/mol. The van der Waals surface area contributed by atoms with Gasteiger partial charge in [0.15, 0.2) is 0 Å². The number of nitrogens with one attached hydrogen (secondary N) is 1. The van der Waals surface area contributed by atoms with Crippen molar-refractivity contribution in [1.82, 2.24) is 15.1 Å². The summed E-state index contributed by atoms with van der Waals surface area (Å²) in [7, 11) is 0. The van der Waals surface area contributed by atoms with E-state index < -0.39 is 11.4 Å². The molecular formula is C14H25N3O4. The summed E-state index contributed by atoms with van der Waals surface area (Å²) in [5.74, 6) is -0.834. The van der Waals surface area contributed by atoms with Crippen LogP contribution in [0.4, 0.5) is 4.79 Å². The number of nitrogens with zero attached hydrogens (tertiary/aromatic N) is 2. The fourth-order valence-electron chi connectivity index (χ4n) is 2.83. The largest absolute Gasteiger partial charge is 0.481 e. The number of carbonyl (C=O) groups excluding carboxylic acids is 1. The van der Waals surface area contributed by atoms with Crippen molar-refractivity contribution in [2.45, 2.75) is 26.3 Å². The van der Waals surface area contributed by atoms with Gasteiger partial charge in [0.1, 0.15) is 0 Å². The molecule has 0 saturated carbocycles. The lowest BCUT2D eigenvalue weighted by molar-refractivity contribution is -0.146. The van der Waals surface area contributed by atoms with Gasteiger partial charge < -0.3 is 20.1 Å². The minimum Gasteiger partial charge on any atom is -0.481 e. The molecule has 21 heavy (non-hydrogen) atoms. The molecule has 120 valence electrons. The third kappa shape index (κ3) is 4.07. The van der Waals surface area contributed by atoms with Gasteiger partial charge in [0.05, 0.1) is 18.6 Å². The topological polar surface area (TPSA) is 82.1 Å². The number of ether oxygens (including phenoxy) is 1. The van der Waals surface area contributed by atoms with Crippen LogP contribution in [-0.2, 0) is 9.53 Å². The van der Waals surface area contributed by atoms with E-state index in [1.54, 1.807) is 11.8 Å². The highest BCUT2D eigenvalue weighted by molar-refractivity contribution is 5.79. The Labute approximate surface area is 125 Å². The van der Waals surface area contributed by atoms with Crippen LogP contribution in [0.5, 0.6) is 0 Å². The van der Waals surface area contributed by atoms with E-state index in [9.17, 15) is 14.7 Å². The molecule has 2 atom stereocenters. The second-order valence-corrected chi connectivity index (χ2v) is 6.30. The van der Waals surface area contributed by atoms with Crippen LogP contribution in [0.2, 0.25) is 0 Å². The molecule has 2 aliphatic heterocycles. The molecule has 7 heteroatoms. The van der Waals surface area contributed by atoms with Crippen molar-refractivity contribution in [3.05, 3.63) is 0 Å². The lowest BCUT2D eigenvalue weighted by Gasteiger charge is -2.30. The van der Waals surface area contributed by atoms with Crippen molar-refractivity contribution in [2.75, 3.05) is 45.9 Å². The minimum atomic E-state index is -0.834. The third-order valence-corrected chi connectivity index (χ3v) is 4.28. The molecule has 2 rings (SSSR count). The van der Waals surface area contributed by atoms with Crippen LogP contribution in [0.1, 0.15) is 20.3 Å². The number of carboxylic acid groups (broad SMARTS) is 1. The van der Waals surface area contributed by atoms with Crippen molar-refractivity contribution >= 4 is 12.0 Å². The molecule has 0 aliphatic carbocycles. The molecule has 2 heterocycles. The summed E-state index contributed by atoms with van der Waals surface area (Å²) in [6.45, 7) is 8.49. The fourth-order valence-corrected chi connectivity index (χ4v) is 2.83. The van der Waals surface area contributed by atoms with E-state index in [1.807, 2.05) is 6.92 Å². The van der Waals surface area contributed by atoms with E-state index in [2.05, 4.69) is 10.2 Å². The maximum atomic E-state index is 12.2. The van der Waals surface area contributed by atoms with Crippen LogP contribution in [0.25, 0.3) is 0 Å². The van der Waals surface area contributed by atoms with Crippen LogP contribution >= 0.6 is 0 Å². The van der Waals surface area contributed by atoms with Crippen LogP contribution in [0, 0.1) is 5.41 Å². The van der Waals surface area contributed by atoms with Crippen molar-refractivity contribution < 1.29 is 19.4 Å². The number of likely N-dealkylation sites (tertiary alicyclic amines) is 1. The summed E-state index contributed by atoms with van der Waals surface area (Å²) in [6.07, 6.45) is 0.508. The summed E-state index contributed by atoms with van der Waals surface area (Å²) in [5, 5.41) is 12.2. The second kappa shape index (κ2) is 6.62. The summed E-state index contributed by atoms with van der Waals surface area (Å²) < 4.78 is 5.30. The zero-order valence-corrected chi connectivity index (χ0v) is 12.8. The first kappa shape index (κ1) is 16.0. The molecule has 0 spiro atoms. The molecular weight excluding hydrogens is 274 g/mol. The number of carbonyl (C=O) groups is 2. The van der Waals surface area contributed by atoms with E-state index >= 15 is 0 Å². The van der Waals surface area contributed by atoms with Crippen LogP contribution < -0.4 is 5.32 Å². The highest BCUT2D eigenvalue weighted by atomic mass is 16.5. The van der Waals surface area contributed by atoms with Gasteiger partial charge in [-0.25, -0.2) is 4.79 Å². The Kier molecular flexibility index (Phi) is 5.05. The number of morpholine rings is 1. The first-order valence-corrected chi connectivity index (χ1v) is 7.50. The molecule has 7 nitrogen and oxygen atoms in total. The van der Waals surface area contributed by atoms with E-state index in [1.165, 1.54) is 0 Å². The van der Waals surface area contributed by atoms with Crippen molar-refractivity contribution in [3.63, 3.8) is 0 Å². The zero-order valence-electron chi connectivity index (χ0n) is 12.8. The number of amides is 2. The molecule has 0 aromatic rings. The van der Waals surface area contributed by atoms with Gasteiger partial charge >= 0.3 is 12.0 Å². The predicted octanol–water partition coefficient (Wildman–Crippen LogP) is 0.213. The number of hydrogen-bond acceptors (Lipinski definition) is 4. The van der Waals surface area contributed by atoms with E-state index in [0.717, 1.165) is 32.8 Å². The molecule has 0 radical (unpaired) electrons. The number of hydrogen-bond donors (Lipinski definition) is 2. The third-order valence-electron chi connectivity index (χ3n) is 4.28. The van der Waals surface area contributed by atoms with Gasteiger partial charge in [-0.15, -0.1) is 0 Å². The van der Waals surface area contributed by atoms with Crippen LogP contribution in [0.3, 0.4) is 0 Å². The van der Waals surface area contributed by atoms with Gasteiger partial charge in [-0.2, -0.15) is 0 Å². The van der Waals surface area contributed by atoms with Crippen molar-refractivity contribution in [2.24, 2.45) is 5.41 Å². The smallest absolute Gasteiger partial charge is 0.317 e. The lowest BCUT2D eigenvalue weighted by atomic mass is 9.90. The monoisotopic (exact) mass is 299 g/mol. The Balaban J connectivity index is 1.77. The van der Waals surface area contributed by atoms with E-state index in [0.29, 0.717) is 13.0 Å². The molecule has 0 bridgehead atoms. The Hall–Kier alpha value is -1.34. The van der Waals surface area contributed by atoms with Gasteiger partial charge in [-0.3, -0.25) is 9.69 Å². The standard InChI is InChI=1S/C14H25N3O4/c1-11(9-16-5-7-21-8-6-16)15-13(20)17-4-3-14(2,10-17)12(18)19/h11H,3-10H2,1-2H3,(H,15,20)(H,18,19). The van der Waals surface area contributed by atoms with Crippen molar-refractivity contribution in [1.29, 1.82) is 0 Å².